The van der Waals surface area contributed by atoms with Crippen molar-refractivity contribution in [3.63, 3.8) is 0 Å². The highest BCUT2D eigenvalue weighted by atomic mass is 15.1. The summed E-state index contributed by atoms with van der Waals surface area (Å²) < 4.78 is 0. The molecule has 0 aliphatic heterocycles. The first-order valence-electron chi connectivity index (χ1n) is 6.41. The molecule has 0 aliphatic rings. The Labute approximate surface area is 105 Å². The first-order valence-corrected chi connectivity index (χ1v) is 6.41. The van der Waals surface area contributed by atoms with Gasteiger partial charge in [0.15, 0.2) is 0 Å². The van der Waals surface area contributed by atoms with Crippen molar-refractivity contribution in [2.45, 2.75) is 39.2 Å². The maximum absolute atomic E-state index is 9.28. The van der Waals surface area contributed by atoms with Crippen LogP contribution < -0.4 is 0 Å². The molecule has 1 aromatic carbocycles. The van der Waals surface area contributed by atoms with Crippen molar-refractivity contribution in [1.29, 1.82) is 5.26 Å². The van der Waals surface area contributed by atoms with Crippen molar-refractivity contribution in [3.8, 4) is 6.07 Å². The van der Waals surface area contributed by atoms with E-state index in [-0.39, 0.29) is 6.04 Å². The first kappa shape index (κ1) is 13.7. The number of hydrogen-bond acceptors (Lipinski definition) is 2. The Balaban J connectivity index is 2.75. The molecule has 0 radical (unpaired) electrons. The highest BCUT2D eigenvalue weighted by Gasteiger charge is 2.15. The summed E-state index contributed by atoms with van der Waals surface area (Å²) in [7, 11) is 2.03. The van der Waals surface area contributed by atoms with Gasteiger partial charge in [0.25, 0.3) is 0 Å². The summed E-state index contributed by atoms with van der Waals surface area (Å²) in [6, 6.07) is 10.7. The Hall–Kier alpha value is -1.33. The van der Waals surface area contributed by atoms with E-state index < -0.39 is 0 Å². The van der Waals surface area contributed by atoms with Crippen LogP contribution in [0.1, 0.15) is 43.9 Å². The van der Waals surface area contributed by atoms with Gasteiger partial charge in [0.05, 0.1) is 6.07 Å². The van der Waals surface area contributed by atoms with Gasteiger partial charge in [-0.3, -0.25) is 4.90 Å². The molecule has 2 heteroatoms. The van der Waals surface area contributed by atoms with E-state index in [1.807, 2.05) is 7.05 Å². The second-order valence-corrected chi connectivity index (χ2v) is 4.46. The lowest BCUT2D eigenvalue weighted by atomic mass is 10.0. The van der Waals surface area contributed by atoms with Crippen LogP contribution in [-0.2, 0) is 6.42 Å². The largest absolute Gasteiger partial charge is 0.287 e. The molecule has 1 rings (SSSR count). The van der Waals surface area contributed by atoms with Gasteiger partial charge in [0.2, 0.25) is 0 Å². The zero-order valence-corrected chi connectivity index (χ0v) is 11.1. The zero-order valence-electron chi connectivity index (χ0n) is 11.1. The lowest BCUT2D eigenvalue weighted by Crippen LogP contribution is -2.24. The zero-order chi connectivity index (χ0) is 12.7. The lowest BCUT2D eigenvalue weighted by molar-refractivity contribution is 0.286. The minimum atomic E-state index is -0.118. The lowest BCUT2D eigenvalue weighted by Gasteiger charge is -2.22. The molecule has 0 fully saturated rings. The summed E-state index contributed by atoms with van der Waals surface area (Å²) in [4.78, 5) is 2.13. The summed E-state index contributed by atoms with van der Waals surface area (Å²) >= 11 is 0. The Morgan fingerprint density at radius 2 is 1.88 bits per heavy atom. The van der Waals surface area contributed by atoms with E-state index in [9.17, 15) is 5.26 Å². The normalized spacial score (nSPS) is 12.4. The summed E-state index contributed by atoms with van der Waals surface area (Å²) in [5.74, 6) is 0. The van der Waals surface area contributed by atoms with Gasteiger partial charge in [0, 0.05) is 0 Å². The molecule has 1 unspecified atom stereocenters. The van der Waals surface area contributed by atoms with Gasteiger partial charge in [0.1, 0.15) is 6.04 Å². The Bertz CT molecular complexity index is 362. The van der Waals surface area contributed by atoms with Crippen LogP contribution in [0.3, 0.4) is 0 Å². The second-order valence-electron chi connectivity index (χ2n) is 4.46. The van der Waals surface area contributed by atoms with Crippen LogP contribution >= 0.6 is 0 Å². The van der Waals surface area contributed by atoms with Gasteiger partial charge < -0.3 is 0 Å². The summed E-state index contributed by atoms with van der Waals surface area (Å²) in [6.07, 6.45) is 3.35. The average Bonchev–Trinajstić information content (AvgIpc) is 2.38. The molecular weight excluding hydrogens is 208 g/mol. The smallest absolute Gasteiger partial charge is 0.123 e. The highest BCUT2D eigenvalue weighted by Crippen LogP contribution is 2.19. The van der Waals surface area contributed by atoms with Crippen LogP contribution in [0.4, 0.5) is 0 Å². The molecule has 0 heterocycles. The van der Waals surface area contributed by atoms with Crippen LogP contribution in [0.25, 0.3) is 0 Å². The fourth-order valence-electron chi connectivity index (χ4n) is 1.90. The van der Waals surface area contributed by atoms with Crippen LogP contribution in [0.2, 0.25) is 0 Å². The maximum atomic E-state index is 9.28. The molecule has 92 valence electrons. The van der Waals surface area contributed by atoms with Crippen molar-refractivity contribution < 1.29 is 0 Å². The van der Waals surface area contributed by atoms with Crippen molar-refractivity contribution in [1.82, 2.24) is 4.90 Å². The van der Waals surface area contributed by atoms with Crippen molar-refractivity contribution in [2.75, 3.05) is 13.6 Å². The van der Waals surface area contributed by atoms with E-state index in [4.69, 9.17) is 0 Å². The third-order valence-corrected chi connectivity index (χ3v) is 3.13. The Kier molecular flexibility index (Phi) is 5.72. The molecule has 0 saturated heterocycles. The summed E-state index contributed by atoms with van der Waals surface area (Å²) in [5.41, 5.74) is 2.42. The molecular formula is C15H22N2. The van der Waals surface area contributed by atoms with Crippen LogP contribution in [-0.4, -0.2) is 18.5 Å². The van der Waals surface area contributed by atoms with Gasteiger partial charge in [-0.15, -0.1) is 0 Å². The number of nitriles is 1. The van der Waals surface area contributed by atoms with Gasteiger partial charge in [-0.05, 0) is 37.6 Å². The van der Waals surface area contributed by atoms with E-state index in [0.29, 0.717) is 0 Å². The van der Waals surface area contributed by atoms with Crippen LogP contribution in [0, 0.1) is 11.3 Å². The minimum Gasteiger partial charge on any atom is -0.287 e. The van der Waals surface area contributed by atoms with Gasteiger partial charge in [-0.25, -0.2) is 0 Å². The average molecular weight is 230 g/mol. The molecule has 0 spiro atoms. The van der Waals surface area contributed by atoms with Crippen LogP contribution in [0.5, 0.6) is 0 Å². The quantitative estimate of drug-likeness (QED) is 0.747. The van der Waals surface area contributed by atoms with E-state index in [1.165, 1.54) is 5.56 Å². The summed E-state index contributed by atoms with van der Waals surface area (Å²) in [5, 5.41) is 9.28. The monoisotopic (exact) mass is 230 g/mol. The highest BCUT2D eigenvalue weighted by molar-refractivity contribution is 5.28. The molecule has 1 aromatic rings. The van der Waals surface area contributed by atoms with Gasteiger partial charge in [-0.2, -0.15) is 5.26 Å². The number of unbranched alkanes of at least 4 members (excludes halogenated alkanes) is 1. The van der Waals surface area contributed by atoms with E-state index in [1.54, 1.807) is 0 Å². The SMILES string of the molecule is CCCCN(C)C(C#N)c1ccc(CC)cc1. The van der Waals surface area contributed by atoms with Crippen molar-refractivity contribution in [3.05, 3.63) is 35.4 Å². The number of benzene rings is 1. The molecule has 2 nitrogen and oxygen atoms in total. The van der Waals surface area contributed by atoms with Crippen LogP contribution in [0.15, 0.2) is 24.3 Å². The second kappa shape index (κ2) is 7.09. The maximum Gasteiger partial charge on any atom is 0.123 e. The number of rotatable bonds is 6. The fourth-order valence-corrected chi connectivity index (χ4v) is 1.90. The third-order valence-electron chi connectivity index (χ3n) is 3.13. The number of hydrogen-bond donors (Lipinski definition) is 0. The minimum absolute atomic E-state index is 0.118. The number of aryl methyl sites for hydroxylation is 1. The van der Waals surface area contributed by atoms with E-state index in [2.05, 4.69) is 49.1 Å². The molecule has 0 N–H and O–H groups in total. The fraction of sp³-hybridized carbons (Fsp3) is 0.533. The van der Waals surface area contributed by atoms with E-state index >= 15 is 0 Å². The third kappa shape index (κ3) is 3.87. The van der Waals surface area contributed by atoms with Crippen molar-refractivity contribution >= 4 is 0 Å². The molecule has 1 atom stereocenters. The predicted octanol–water partition coefficient (Wildman–Crippen LogP) is 3.55. The molecule has 0 saturated carbocycles. The molecule has 0 aromatic heterocycles. The first-order chi connectivity index (χ1) is 8.22. The topological polar surface area (TPSA) is 27.0 Å². The number of nitrogens with zero attached hydrogens (tertiary/aromatic N) is 2. The van der Waals surface area contributed by atoms with E-state index in [0.717, 1.165) is 31.4 Å². The molecule has 0 aliphatic carbocycles. The molecule has 0 amide bonds. The van der Waals surface area contributed by atoms with Gasteiger partial charge >= 0.3 is 0 Å². The predicted molar refractivity (Wildman–Crippen MR) is 71.7 cm³/mol. The summed E-state index contributed by atoms with van der Waals surface area (Å²) in [6.45, 7) is 5.29. The Morgan fingerprint density at radius 1 is 1.24 bits per heavy atom. The molecule has 17 heavy (non-hydrogen) atoms. The standard InChI is InChI=1S/C15H22N2/c1-4-6-11-17(3)15(12-16)14-9-7-13(5-2)8-10-14/h7-10,15H,4-6,11H2,1-3H3. The van der Waals surface area contributed by atoms with Crippen molar-refractivity contribution in [2.24, 2.45) is 0 Å². The molecule has 0 bridgehead atoms. The Morgan fingerprint density at radius 3 is 2.35 bits per heavy atom. The van der Waals surface area contributed by atoms with Gasteiger partial charge in [-0.1, -0.05) is 44.5 Å².